The first-order chi connectivity index (χ1) is 5.37. The van der Waals surface area contributed by atoms with E-state index in [1.807, 2.05) is 6.92 Å². The molecule has 1 aliphatic carbocycles. The maximum atomic E-state index is 9.87. The molecule has 1 unspecified atom stereocenters. The van der Waals surface area contributed by atoms with Gasteiger partial charge in [-0.05, 0) is 31.3 Å². The number of aliphatic hydroxyl groups is 1. The van der Waals surface area contributed by atoms with Crippen LogP contribution in [-0.2, 0) is 0 Å². The van der Waals surface area contributed by atoms with Crippen LogP contribution in [0.5, 0.6) is 0 Å². The van der Waals surface area contributed by atoms with E-state index in [9.17, 15) is 5.11 Å². The van der Waals surface area contributed by atoms with Gasteiger partial charge in [0, 0.05) is 0 Å². The van der Waals surface area contributed by atoms with Crippen molar-refractivity contribution in [2.45, 2.75) is 39.2 Å². The van der Waals surface area contributed by atoms with Crippen molar-refractivity contribution in [3.05, 3.63) is 11.6 Å². The van der Waals surface area contributed by atoms with Gasteiger partial charge in [0.05, 0.1) is 0 Å². The van der Waals surface area contributed by atoms with Gasteiger partial charge in [-0.1, -0.05) is 25.3 Å². The SMILES string of the molecule is C#CC1(O)C=C(C)CC(C)(C)C1. The van der Waals surface area contributed by atoms with E-state index in [0.29, 0.717) is 6.42 Å². The van der Waals surface area contributed by atoms with Crippen LogP contribution in [0.3, 0.4) is 0 Å². The van der Waals surface area contributed by atoms with Crippen molar-refractivity contribution in [1.82, 2.24) is 0 Å². The predicted molar refractivity (Wildman–Crippen MR) is 50.6 cm³/mol. The van der Waals surface area contributed by atoms with Crippen LogP contribution < -0.4 is 0 Å². The van der Waals surface area contributed by atoms with Crippen molar-refractivity contribution in [3.63, 3.8) is 0 Å². The van der Waals surface area contributed by atoms with Gasteiger partial charge >= 0.3 is 0 Å². The summed E-state index contributed by atoms with van der Waals surface area (Å²) >= 11 is 0. The highest BCUT2D eigenvalue weighted by Crippen LogP contribution is 2.39. The van der Waals surface area contributed by atoms with E-state index in [-0.39, 0.29) is 5.41 Å². The summed E-state index contributed by atoms with van der Waals surface area (Å²) in [7, 11) is 0. The third-order valence-corrected chi connectivity index (χ3v) is 2.24. The smallest absolute Gasteiger partial charge is 0.144 e. The lowest BCUT2D eigenvalue weighted by Crippen LogP contribution is -2.35. The third-order valence-electron chi connectivity index (χ3n) is 2.24. The standard InChI is InChI=1S/C11H16O/c1-5-11(12)7-9(2)6-10(3,4)8-11/h1,7,12H,6,8H2,2-4H3. The van der Waals surface area contributed by atoms with Gasteiger partial charge in [-0.25, -0.2) is 0 Å². The normalized spacial score (nSPS) is 33.8. The van der Waals surface area contributed by atoms with Gasteiger partial charge < -0.3 is 5.11 Å². The Morgan fingerprint density at radius 1 is 1.58 bits per heavy atom. The molecule has 1 atom stereocenters. The molecule has 0 aromatic carbocycles. The summed E-state index contributed by atoms with van der Waals surface area (Å²) < 4.78 is 0. The molecular weight excluding hydrogens is 148 g/mol. The van der Waals surface area contributed by atoms with Crippen molar-refractivity contribution < 1.29 is 5.11 Å². The highest BCUT2D eigenvalue weighted by atomic mass is 16.3. The van der Waals surface area contributed by atoms with Crippen molar-refractivity contribution in [3.8, 4) is 12.3 Å². The summed E-state index contributed by atoms with van der Waals surface area (Å²) in [5.74, 6) is 2.45. The Labute approximate surface area is 74.5 Å². The molecular formula is C11H16O. The fourth-order valence-electron chi connectivity index (χ4n) is 2.15. The van der Waals surface area contributed by atoms with Gasteiger partial charge in [0.15, 0.2) is 0 Å². The minimum absolute atomic E-state index is 0.125. The molecule has 0 bridgehead atoms. The summed E-state index contributed by atoms with van der Waals surface area (Å²) in [6, 6.07) is 0. The van der Waals surface area contributed by atoms with E-state index in [1.165, 1.54) is 5.57 Å². The van der Waals surface area contributed by atoms with Crippen LogP contribution in [0.2, 0.25) is 0 Å². The molecule has 1 aliphatic rings. The molecule has 0 heterocycles. The zero-order valence-electron chi connectivity index (χ0n) is 8.02. The van der Waals surface area contributed by atoms with E-state index in [4.69, 9.17) is 6.42 Å². The molecule has 0 spiro atoms. The van der Waals surface area contributed by atoms with Crippen molar-refractivity contribution in [1.29, 1.82) is 0 Å². The van der Waals surface area contributed by atoms with E-state index in [1.54, 1.807) is 6.08 Å². The molecule has 0 aromatic rings. The Morgan fingerprint density at radius 3 is 2.58 bits per heavy atom. The zero-order chi connectivity index (χ0) is 9.41. The molecule has 0 radical (unpaired) electrons. The molecule has 1 N–H and O–H groups in total. The zero-order valence-corrected chi connectivity index (χ0v) is 8.02. The first-order valence-corrected chi connectivity index (χ1v) is 4.25. The molecule has 1 nitrogen and oxygen atoms in total. The monoisotopic (exact) mass is 164 g/mol. The average Bonchev–Trinajstić information content (AvgIpc) is 1.82. The lowest BCUT2D eigenvalue weighted by Gasteiger charge is -2.36. The number of hydrogen-bond acceptors (Lipinski definition) is 1. The molecule has 0 fully saturated rings. The molecule has 0 saturated carbocycles. The Morgan fingerprint density at radius 2 is 2.17 bits per heavy atom. The second kappa shape index (κ2) is 2.64. The Kier molecular flexibility index (Phi) is 2.06. The average molecular weight is 164 g/mol. The summed E-state index contributed by atoms with van der Waals surface area (Å²) in [6.07, 6.45) is 8.77. The Hall–Kier alpha value is -0.740. The number of rotatable bonds is 0. The van der Waals surface area contributed by atoms with Crippen LogP contribution in [0, 0.1) is 17.8 Å². The maximum Gasteiger partial charge on any atom is 0.144 e. The van der Waals surface area contributed by atoms with Crippen LogP contribution in [0.25, 0.3) is 0 Å². The van der Waals surface area contributed by atoms with Crippen LogP contribution in [0.1, 0.15) is 33.6 Å². The second-order valence-corrected chi connectivity index (χ2v) is 4.58. The maximum absolute atomic E-state index is 9.87. The molecule has 12 heavy (non-hydrogen) atoms. The number of terminal acetylenes is 1. The van der Waals surface area contributed by atoms with Crippen molar-refractivity contribution in [2.75, 3.05) is 0 Å². The first-order valence-electron chi connectivity index (χ1n) is 4.25. The molecule has 0 aromatic heterocycles. The molecule has 1 heteroatoms. The molecule has 0 amide bonds. The predicted octanol–water partition coefficient (Wildman–Crippen LogP) is 2.12. The van der Waals surface area contributed by atoms with Crippen LogP contribution >= 0.6 is 0 Å². The quantitative estimate of drug-likeness (QED) is 0.429. The van der Waals surface area contributed by atoms with E-state index in [2.05, 4.69) is 19.8 Å². The lowest BCUT2D eigenvalue weighted by molar-refractivity contribution is 0.0817. The number of allylic oxidation sites excluding steroid dienone is 1. The minimum atomic E-state index is -1.01. The van der Waals surface area contributed by atoms with Crippen LogP contribution in [0.4, 0.5) is 0 Å². The molecule has 66 valence electrons. The Bertz CT molecular complexity index is 255. The highest BCUT2D eigenvalue weighted by Gasteiger charge is 2.35. The topological polar surface area (TPSA) is 20.2 Å². The van der Waals surface area contributed by atoms with Crippen LogP contribution in [0.15, 0.2) is 11.6 Å². The van der Waals surface area contributed by atoms with E-state index < -0.39 is 5.60 Å². The van der Waals surface area contributed by atoms with Gasteiger partial charge in [0.25, 0.3) is 0 Å². The fourth-order valence-corrected chi connectivity index (χ4v) is 2.15. The summed E-state index contributed by atoms with van der Waals surface area (Å²) in [4.78, 5) is 0. The lowest BCUT2D eigenvalue weighted by atomic mass is 9.71. The largest absolute Gasteiger partial charge is 0.374 e. The molecule has 0 saturated heterocycles. The van der Waals surface area contributed by atoms with Gasteiger partial charge in [-0.2, -0.15) is 0 Å². The third kappa shape index (κ3) is 1.89. The summed E-state index contributed by atoms with van der Waals surface area (Å²) in [5.41, 5.74) is 0.304. The van der Waals surface area contributed by atoms with Gasteiger partial charge in [-0.15, -0.1) is 6.42 Å². The summed E-state index contributed by atoms with van der Waals surface area (Å²) in [5, 5.41) is 9.87. The minimum Gasteiger partial charge on any atom is -0.374 e. The van der Waals surface area contributed by atoms with Gasteiger partial charge in [-0.3, -0.25) is 0 Å². The van der Waals surface area contributed by atoms with E-state index in [0.717, 1.165) is 6.42 Å². The highest BCUT2D eigenvalue weighted by molar-refractivity contribution is 5.27. The molecule has 0 aliphatic heterocycles. The van der Waals surface area contributed by atoms with Gasteiger partial charge in [0.2, 0.25) is 0 Å². The van der Waals surface area contributed by atoms with Crippen LogP contribution in [-0.4, -0.2) is 10.7 Å². The van der Waals surface area contributed by atoms with E-state index >= 15 is 0 Å². The Balaban J connectivity index is 2.98. The molecule has 1 rings (SSSR count). The second-order valence-electron chi connectivity index (χ2n) is 4.58. The fraction of sp³-hybridized carbons (Fsp3) is 0.636. The summed E-state index contributed by atoms with van der Waals surface area (Å²) in [6.45, 7) is 6.28. The first kappa shape index (κ1) is 9.35. The van der Waals surface area contributed by atoms with Crippen molar-refractivity contribution in [2.24, 2.45) is 5.41 Å². The van der Waals surface area contributed by atoms with Gasteiger partial charge in [0.1, 0.15) is 5.60 Å². The van der Waals surface area contributed by atoms with Crippen molar-refractivity contribution >= 4 is 0 Å². The number of hydrogen-bond donors (Lipinski definition) is 1.